The number of nitrogens with zero attached hydrogens (tertiary/aromatic N) is 1. The Bertz CT molecular complexity index is 610. The summed E-state index contributed by atoms with van der Waals surface area (Å²) >= 11 is 0.758. The molecule has 8 heteroatoms. The lowest BCUT2D eigenvalue weighted by atomic mass is 9.91. The van der Waals surface area contributed by atoms with Crippen molar-refractivity contribution in [3.63, 3.8) is 0 Å². The first-order valence-electron chi connectivity index (χ1n) is 5.35. The van der Waals surface area contributed by atoms with Gasteiger partial charge in [-0.1, -0.05) is 6.07 Å². The summed E-state index contributed by atoms with van der Waals surface area (Å²) in [5, 5.41) is 22.0. The molecular weight excluding hydrogens is 295 g/mol. The normalized spacial score (nSPS) is 14.8. The van der Waals surface area contributed by atoms with E-state index in [-0.39, 0.29) is 10.6 Å². The zero-order valence-electron chi connectivity index (χ0n) is 9.79. The topological polar surface area (TPSA) is 63.4 Å². The Morgan fingerprint density at radius 2 is 1.75 bits per heavy atom. The minimum absolute atomic E-state index is 0.293. The van der Waals surface area contributed by atoms with Crippen LogP contribution in [0.5, 0.6) is 0 Å². The Morgan fingerprint density at radius 1 is 1.15 bits per heavy atom. The molecule has 2 aromatic rings. The molecule has 0 amide bonds. The molecule has 1 aromatic heterocycles. The van der Waals surface area contributed by atoms with Crippen LogP contribution in [0, 0.1) is 10.1 Å². The quantitative estimate of drug-likeness (QED) is 0.697. The van der Waals surface area contributed by atoms with Gasteiger partial charge in [0.2, 0.25) is 5.60 Å². The molecule has 1 N–H and O–H groups in total. The number of hydrogen-bond donors (Lipinski definition) is 1. The molecule has 0 fully saturated rings. The average Bonchev–Trinajstić information content (AvgIpc) is 2.90. The van der Waals surface area contributed by atoms with Crippen molar-refractivity contribution in [1.82, 2.24) is 0 Å². The second-order valence-corrected chi connectivity index (χ2v) is 4.94. The average molecular weight is 303 g/mol. The zero-order valence-corrected chi connectivity index (χ0v) is 10.6. The number of hydrogen-bond acceptors (Lipinski definition) is 4. The molecule has 0 aliphatic rings. The molecule has 0 aliphatic heterocycles. The van der Waals surface area contributed by atoms with Gasteiger partial charge >= 0.3 is 6.18 Å². The maximum atomic E-state index is 13.2. The number of halogens is 3. The van der Waals surface area contributed by atoms with Gasteiger partial charge in [-0.3, -0.25) is 10.1 Å². The molecule has 0 radical (unpaired) electrons. The van der Waals surface area contributed by atoms with Gasteiger partial charge in [0, 0.05) is 17.0 Å². The summed E-state index contributed by atoms with van der Waals surface area (Å²) in [6.45, 7) is 0. The molecule has 106 valence electrons. The summed E-state index contributed by atoms with van der Waals surface area (Å²) in [5.74, 6) is 0. The summed E-state index contributed by atoms with van der Waals surface area (Å²) < 4.78 is 39.7. The lowest BCUT2D eigenvalue weighted by Crippen LogP contribution is -2.42. The third-order valence-corrected chi connectivity index (χ3v) is 3.76. The van der Waals surface area contributed by atoms with Crippen LogP contribution in [0.25, 0.3) is 0 Å². The number of aliphatic hydroxyl groups is 1. The van der Waals surface area contributed by atoms with Gasteiger partial charge < -0.3 is 5.11 Å². The molecule has 20 heavy (non-hydrogen) atoms. The van der Waals surface area contributed by atoms with Crippen LogP contribution in [-0.4, -0.2) is 16.2 Å². The molecule has 2 rings (SSSR count). The van der Waals surface area contributed by atoms with Crippen LogP contribution in [0.3, 0.4) is 0 Å². The van der Waals surface area contributed by atoms with E-state index in [2.05, 4.69) is 0 Å². The lowest BCUT2D eigenvalue weighted by Gasteiger charge is -2.29. The first kappa shape index (κ1) is 14.5. The SMILES string of the molecule is O=[N+]([O-])c1ccc(C(O)(c2cccs2)C(F)(F)F)cc1. The smallest absolute Gasteiger partial charge is 0.372 e. The van der Waals surface area contributed by atoms with Crippen molar-refractivity contribution in [2.45, 2.75) is 11.8 Å². The highest BCUT2D eigenvalue weighted by Crippen LogP contribution is 2.45. The van der Waals surface area contributed by atoms with Crippen LogP contribution in [0.1, 0.15) is 10.4 Å². The second-order valence-electron chi connectivity index (χ2n) is 3.99. The highest BCUT2D eigenvalue weighted by atomic mass is 32.1. The minimum Gasteiger partial charge on any atom is -0.372 e. The fourth-order valence-corrected chi connectivity index (χ4v) is 2.62. The van der Waals surface area contributed by atoms with E-state index in [1.54, 1.807) is 0 Å². The standard InChI is InChI=1S/C12H8F3NO3S/c13-12(14,15)11(17,10-2-1-7-20-10)8-3-5-9(6-4-8)16(18)19/h1-7,17H. The number of thiophene rings is 1. The second kappa shape index (κ2) is 4.88. The Hall–Kier alpha value is -1.93. The predicted molar refractivity (Wildman–Crippen MR) is 66.5 cm³/mol. The maximum Gasteiger partial charge on any atom is 0.426 e. The number of nitro groups is 1. The summed E-state index contributed by atoms with van der Waals surface area (Å²) in [6.07, 6.45) is -4.94. The highest BCUT2D eigenvalue weighted by molar-refractivity contribution is 7.10. The van der Waals surface area contributed by atoms with Gasteiger partial charge in [0.1, 0.15) is 0 Å². The number of alkyl halides is 3. The third-order valence-electron chi connectivity index (χ3n) is 2.78. The summed E-state index contributed by atoms with van der Waals surface area (Å²) in [6, 6.07) is 6.23. The van der Waals surface area contributed by atoms with E-state index in [1.165, 1.54) is 17.5 Å². The molecule has 1 atom stereocenters. The summed E-state index contributed by atoms with van der Waals surface area (Å²) in [4.78, 5) is 9.50. The molecule has 0 bridgehead atoms. The Kier molecular flexibility index (Phi) is 3.53. The zero-order chi connectivity index (χ0) is 15.0. The van der Waals surface area contributed by atoms with Crippen molar-refractivity contribution in [2.24, 2.45) is 0 Å². The fourth-order valence-electron chi connectivity index (χ4n) is 1.75. The van der Waals surface area contributed by atoms with Crippen LogP contribution >= 0.6 is 11.3 Å². The van der Waals surface area contributed by atoms with E-state index < -0.39 is 22.3 Å². The van der Waals surface area contributed by atoms with Crippen molar-refractivity contribution in [3.05, 3.63) is 62.3 Å². The van der Waals surface area contributed by atoms with Crippen molar-refractivity contribution in [3.8, 4) is 0 Å². The van der Waals surface area contributed by atoms with Gasteiger partial charge in [0.25, 0.3) is 5.69 Å². The van der Waals surface area contributed by atoms with Gasteiger partial charge in [-0.15, -0.1) is 11.3 Å². The van der Waals surface area contributed by atoms with Gasteiger partial charge in [-0.25, -0.2) is 0 Å². The molecule has 4 nitrogen and oxygen atoms in total. The molecular formula is C12H8F3NO3S. The van der Waals surface area contributed by atoms with E-state index in [4.69, 9.17) is 0 Å². The molecule has 0 spiro atoms. The number of benzene rings is 1. The molecule has 0 aliphatic carbocycles. The maximum absolute atomic E-state index is 13.2. The lowest BCUT2D eigenvalue weighted by molar-refractivity contribution is -0.384. The van der Waals surface area contributed by atoms with Crippen molar-refractivity contribution in [1.29, 1.82) is 0 Å². The van der Waals surface area contributed by atoms with Gasteiger partial charge in [-0.2, -0.15) is 13.2 Å². The van der Waals surface area contributed by atoms with Crippen LogP contribution in [0.15, 0.2) is 41.8 Å². The number of nitro benzene ring substituents is 1. The van der Waals surface area contributed by atoms with Gasteiger partial charge in [0.05, 0.1) is 4.92 Å². The minimum atomic E-state index is -4.94. The predicted octanol–water partition coefficient (Wildman–Crippen LogP) is 3.45. The van der Waals surface area contributed by atoms with Crippen LogP contribution in [0.4, 0.5) is 18.9 Å². The van der Waals surface area contributed by atoms with Crippen molar-refractivity contribution >= 4 is 17.0 Å². The van der Waals surface area contributed by atoms with E-state index >= 15 is 0 Å². The largest absolute Gasteiger partial charge is 0.426 e. The highest BCUT2D eigenvalue weighted by Gasteiger charge is 2.57. The van der Waals surface area contributed by atoms with Crippen molar-refractivity contribution < 1.29 is 23.2 Å². The van der Waals surface area contributed by atoms with Gasteiger partial charge in [0.15, 0.2) is 0 Å². The molecule has 0 saturated carbocycles. The molecule has 0 saturated heterocycles. The molecule has 1 aromatic carbocycles. The van der Waals surface area contributed by atoms with Crippen LogP contribution in [0.2, 0.25) is 0 Å². The fraction of sp³-hybridized carbons (Fsp3) is 0.167. The van der Waals surface area contributed by atoms with E-state index in [9.17, 15) is 28.4 Å². The Labute approximate surface area is 115 Å². The monoisotopic (exact) mass is 303 g/mol. The van der Waals surface area contributed by atoms with Crippen LogP contribution < -0.4 is 0 Å². The molecule has 1 heterocycles. The number of rotatable bonds is 3. The van der Waals surface area contributed by atoms with E-state index in [1.807, 2.05) is 0 Å². The van der Waals surface area contributed by atoms with Crippen LogP contribution in [-0.2, 0) is 5.60 Å². The third kappa shape index (κ3) is 2.27. The van der Waals surface area contributed by atoms with Crippen molar-refractivity contribution in [2.75, 3.05) is 0 Å². The Balaban J connectivity index is 2.56. The summed E-state index contributed by atoms with van der Waals surface area (Å²) in [7, 11) is 0. The first-order valence-corrected chi connectivity index (χ1v) is 6.23. The first-order chi connectivity index (χ1) is 9.26. The van der Waals surface area contributed by atoms with E-state index in [0.29, 0.717) is 0 Å². The summed E-state index contributed by atoms with van der Waals surface area (Å²) in [5.41, 5.74) is -3.97. The number of non-ortho nitro benzene ring substituents is 1. The Morgan fingerprint density at radius 3 is 2.15 bits per heavy atom. The van der Waals surface area contributed by atoms with Gasteiger partial charge in [-0.05, 0) is 29.1 Å². The molecule has 1 unspecified atom stereocenters. The van der Waals surface area contributed by atoms with E-state index in [0.717, 1.165) is 35.6 Å².